The van der Waals surface area contributed by atoms with Crippen LogP contribution in [0, 0.1) is 5.82 Å². The fourth-order valence-corrected chi connectivity index (χ4v) is 0.953. The molecule has 0 fully saturated rings. The minimum absolute atomic E-state index is 0.164. The lowest BCUT2D eigenvalue weighted by Crippen LogP contribution is -2.41. The van der Waals surface area contributed by atoms with Crippen molar-refractivity contribution in [1.29, 1.82) is 0 Å². The molecule has 0 bridgehead atoms. The summed E-state index contributed by atoms with van der Waals surface area (Å²) in [4.78, 5) is 15.1. The lowest BCUT2D eigenvalue weighted by molar-refractivity contribution is 0.0910. The van der Waals surface area contributed by atoms with Crippen molar-refractivity contribution < 1.29 is 9.18 Å². The number of rotatable bonds is 1. The molecule has 4 heteroatoms. The van der Waals surface area contributed by atoms with Gasteiger partial charge in [-0.1, -0.05) is 0 Å². The molecule has 14 heavy (non-hydrogen) atoms. The predicted molar refractivity (Wildman–Crippen MR) is 51.4 cm³/mol. The summed E-state index contributed by atoms with van der Waals surface area (Å²) in [6.45, 7) is 5.48. The number of hydrogen-bond acceptors (Lipinski definition) is 2. The van der Waals surface area contributed by atoms with Gasteiger partial charge in [-0.2, -0.15) is 0 Å². The predicted octanol–water partition coefficient (Wildman–Crippen LogP) is 1.75. The summed E-state index contributed by atoms with van der Waals surface area (Å²) in [6.07, 6.45) is 1.39. The van der Waals surface area contributed by atoms with E-state index in [-0.39, 0.29) is 11.2 Å². The van der Waals surface area contributed by atoms with Gasteiger partial charge in [0.05, 0.1) is 0 Å². The molecule has 0 saturated carbocycles. The SMILES string of the molecule is CC(C)(C)NC(=O)c1ncccc1F. The number of nitrogens with zero attached hydrogens (tertiary/aromatic N) is 1. The lowest BCUT2D eigenvalue weighted by Gasteiger charge is -2.20. The summed E-state index contributed by atoms with van der Waals surface area (Å²) in [6, 6.07) is 2.66. The van der Waals surface area contributed by atoms with Crippen LogP contribution in [0.5, 0.6) is 0 Å². The molecule has 1 amide bonds. The maximum Gasteiger partial charge on any atom is 0.273 e. The van der Waals surface area contributed by atoms with Crippen LogP contribution in [-0.4, -0.2) is 16.4 Å². The molecule has 1 aromatic heterocycles. The summed E-state index contributed by atoms with van der Waals surface area (Å²) in [5, 5.41) is 2.63. The molecule has 1 aromatic rings. The Morgan fingerprint density at radius 3 is 2.64 bits per heavy atom. The topological polar surface area (TPSA) is 42.0 Å². The van der Waals surface area contributed by atoms with E-state index in [1.165, 1.54) is 18.3 Å². The van der Waals surface area contributed by atoms with Crippen LogP contribution < -0.4 is 5.32 Å². The molecular formula is C10H13FN2O. The number of nitrogens with one attached hydrogen (secondary N) is 1. The largest absolute Gasteiger partial charge is 0.346 e. The molecule has 0 spiro atoms. The van der Waals surface area contributed by atoms with E-state index in [1.54, 1.807) is 0 Å². The van der Waals surface area contributed by atoms with Gasteiger partial charge in [0.2, 0.25) is 0 Å². The number of amides is 1. The molecule has 0 unspecified atom stereocenters. The Morgan fingerprint density at radius 1 is 1.50 bits per heavy atom. The molecule has 1 N–H and O–H groups in total. The Labute approximate surface area is 82.4 Å². The molecule has 0 atom stereocenters. The van der Waals surface area contributed by atoms with E-state index < -0.39 is 11.7 Å². The Hall–Kier alpha value is -1.45. The summed E-state index contributed by atoms with van der Waals surface area (Å²) >= 11 is 0. The normalized spacial score (nSPS) is 11.1. The van der Waals surface area contributed by atoms with Crippen molar-refractivity contribution in [2.75, 3.05) is 0 Å². The quantitative estimate of drug-likeness (QED) is 0.743. The highest BCUT2D eigenvalue weighted by Gasteiger charge is 2.18. The van der Waals surface area contributed by atoms with E-state index in [2.05, 4.69) is 10.3 Å². The Balaban J connectivity index is 2.86. The maximum atomic E-state index is 13.1. The molecule has 0 radical (unpaired) electrons. The van der Waals surface area contributed by atoms with E-state index in [1.807, 2.05) is 20.8 Å². The monoisotopic (exact) mass is 196 g/mol. The molecule has 0 aromatic carbocycles. The van der Waals surface area contributed by atoms with Gasteiger partial charge in [0, 0.05) is 11.7 Å². The average Bonchev–Trinajstić information content (AvgIpc) is 2.01. The van der Waals surface area contributed by atoms with E-state index in [0.29, 0.717) is 0 Å². The van der Waals surface area contributed by atoms with Crippen molar-refractivity contribution in [2.45, 2.75) is 26.3 Å². The average molecular weight is 196 g/mol. The van der Waals surface area contributed by atoms with Gasteiger partial charge >= 0.3 is 0 Å². The maximum absolute atomic E-state index is 13.1. The first-order valence-electron chi connectivity index (χ1n) is 4.33. The van der Waals surface area contributed by atoms with Crippen molar-refractivity contribution in [3.05, 3.63) is 29.8 Å². The number of aromatic nitrogens is 1. The van der Waals surface area contributed by atoms with Gasteiger partial charge in [0.15, 0.2) is 11.5 Å². The van der Waals surface area contributed by atoms with Crippen LogP contribution in [0.4, 0.5) is 4.39 Å². The van der Waals surface area contributed by atoms with Crippen molar-refractivity contribution in [1.82, 2.24) is 10.3 Å². The standard InChI is InChI=1S/C10H13FN2O/c1-10(2,3)13-9(14)8-7(11)5-4-6-12-8/h4-6H,1-3H3,(H,13,14). The van der Waals surface area contributed by atoms with Crippen molar-refractivity contribution in [3.63, 3.8) is 0 Å². The fraction of sp³-hybridized carbons (Fsp3) is 0.400. The third kappa shape index (κ3) is 2.80. The van der Waals surface area contributed by atoms with Gasteiger partial charge in [-0.25, -0.2) is 9.37 Å². The van der Waals surface area contributed by atoms with Gasteiger partial charge in [-0.15, -0.1) is 0 Å². The molecule has 0 saturated heterocycles. The molecule has 76 valence electrons. The Bertz CT molecular complexity index is 344. The van der Waals surface area contributed by atoms with Gasteiger partial charge < -0.3 is 5.32 Å². The van der Waals surface area contributed by atoms with Crippen molar-refractivity contribution in [3.8, 4) is 0 Å². The molecule has 3 nitrogen and oxygen atoms in total. The number of hydrogen-bond donors (Lipinski definition) is 1. The van der Waals surface area contributed by atoms with Gasteiger partial charge in [-0.3, -0.25) is 4.79 Å². The van der Waals surface area contributed by atoms with Gasteiger partial charge in [0.1, 0.15) is 0 Å². The number of carbonyl (C=O) groups is 1. The van der Waals surface area contributed by atoms with Crippen LogP contribution in [0.2, 0.25) is 0 Å². The van der Waals surface area contributed by atoms with Crippen LogP contribution in [0.15, 0.2) is 18.3 Å². The number of pyridine rings is 1. The van der Waals surface area contributed by atoms with Crippen LogP contribution in [-0.2, 0) is 0 Å². The summed E-state index contributed by atoms with van der Waals surface area (Å²) in [7, 11) is 0. The van der Waals surface area contributed by atoms with Crippen molar-refractivity contribution in [2.24, 2.45) is 0 Å². The summed E-state index contributed by atoms with van der Waals surface area (Å²) in [5.41, 5.74) is -0.552. The zero-order chi connectivity index (χ0) is 10.8. The third-order valence-corrected chi connectivity index (χ3v) is 1.46. The van der Waals surface area contributed by atoms with Gasteiger partial charge in [0.25, 0.3) is 5.91 Å². The second-order valence-electron chi connectivity index (χ2n) is 4.04. The van der Waals surface area contributed by atoms with Crippen LogP contribution in [0.25, 0.3) is 0 Å². The highest BCUT2D eigenvalue weighted by Crippen LogP contribution is 2.05. The Kier molecular flexibility index (Phi) is 2.84. The van der Waals surface area contributed by atoms with E-state index in [0.717, 1.165) is 0 Å². The van der Waals surface area contributed by atoms with Gasteiger partial charge in [-0.05, 0) is 32.9 Å². The van der Waals surface area contributed by atoms with Crippen LogP contribution in [0.1, 0.15) is 31.3 Å². The molecule has 0 aliphatic heterocycles. The molecular weight excluding hydrogens is 183 g/mol. The highest BCUT2D eigenvalue weighted by atomic mass is 19.1. The van der Waals surface area contributed by atoms with E-state index in [9.17, 15) is 9.18 Å². The first-order chi connectivity index (χ1) is 6.40. The van der Waals surface area contributed by atoms with Crippen LogP contribution in [0.3, 0.4) is 0 Å². The number of halogens is 1. The van der Waals surface area contributed by atoms with Crippen molar-refractivity contribution >= 4 is 5.91 Å². The minimum atomic E-state index is -0.603. The second kappa shape index (κ2) is 3.74. The molecule has 1 rings (SSSR count). The van der Waals surface area contributed by atoms with Crippen LogP contribution >= 0.6 is 0 Å². The molecule has 0 aliphatic rings. The first-order valence-corrected chi connectivity index (χ1v) is 4.33. The Morgan fingerprint density at radius 2 is 2.14 bits per heavy atom. The zero-order valence-electron chi connectivity index (χ0n) is 8.47. The highest BCUT2D eigenvalue weighted by molar-refractivity contribution is 5.92. The lowest BCUT2D eigenvalue weighted by atomic mass is 10.1. The van der Waals surface area contributed by atoms with E-state index >= 15 is 0 Å². The fourth-order valence-electron chi connectivity index (χ4n) is 0.953. The summed E-state index contributed by atoms with van der Waals surface area (Å²) in [5.74, 6) is -1.09. The summed E-state index contributed by atoms with van der Waals surface area (Å²) < 4.78 is 13.1. The zero-order valence-corrected chi connectivity index (χ0v) is 8.47. The first kappa shape index (κ1) is 10.6. The molecule has 1 heterocycles. The second-order valence-corrected chi connectivity index (χ2v) is 4.04. The smallest absolute Gasteiger partial charge is 0.273 e. The van der Waals surface area contributed by atoms with E-state index in [4.69, 9.17) is 0 Å². The third-order valence-electron chi connectivity index (χ3n) is 1.46. The number of carbonyl (C=O) groups excluding carboxylic acids is 1. The minimum Gasteiger partial charge on any atom is -0.346 e. The molecule has 0 aliphatic carbocycles.